The SMILES string of the molecule is NC(=O)c1nc(-c2cn[nH]c2)ccc1-c1ccc(CC(=O)N2CCOCC2)cc1N1CCCCC1. The first-order valence-corrected chi connectivity index (χ1v) is 12.1. The smallest absolute Gasteiger partial charge is 0.267 e. The molecule has 3 N–H and O–H groups in total. The summed E-state index contributed by atoms with van der Waals surface area (Å²) in [6.45, 7) is 4.29. The first-order valence-electron chi connectivity index (χ1n) is 12.1. The molecular formula is C26H30N6O3. The number of carbonyl (C=O) groups is 2. The van der Waals surface area contributed by atoms with Gasteiger partial charge in [0, 0.05) is 54.8 Å². The number of aromatic nitrogens is 3. The normalized spacial score (nSPS) is 16.3. The Morgan fingerprint density at radius 2 is 1.77 bits per heavy atom. The molecule has 0 bridgehead atoms. The van der Waals surface area contributed by atoms with Gasteiger partial charge in [-0.1, -0.05) is 12.1 Å². The van der Waals surface area contributed by atoms with Gasteiger partial charge in [-0.2, -0.15) is 5.10 Å². The molecule has 0 radical (unpaired) electrons. The van der Waals surface area contributed by atoms with E-state index in [1.54, 1.807) is 12.4 Å². The molecule has 182 valence electrons. The molecule has 2 aliphatic heterocycles. The Morgan fingerprint density at radius 3 is 2.49 bits per heavy atom. The highest BCUT2D eigenvalue weighted by molar-refractivity contribution is 6.00. The molecule has 2 amide bonds. The van der Waals surface area contributed by atoms with Crippen LogP contribution >= 0.6 is 0 Å². The fourth-order valence-electron chi connectivity index (χ4n) is 4.83. The van der Waals surface area contributed by atoms with E-state index in [0.29, 0.717) is 44.0 Å². The lowest BCUT2D eigenvalue weighted by molar-refractivity contribution is -0.134. The number of piperidine rings is 1. The number of nitrogens with two attached hydrogens (primary N) is 1. The van der Waals surface area contributed by atoms with Gasteiger partial charge >= 0.3 is 0 Å². The highest BCUT2D eigenvalue weighted by atomic mass is 16.5. The Balaban J connectivity index is 1.52. The van der Waals surface area contributed by atoms with Crippen molar-refractivity contribution in [3.63, 3.8) is 0 Å². The van der Waals surface area contributed by atoms with Crippen LogP contribution in [0.4, 0.5) is 5.69 Å². The molecule has 9 heteroatoms. The molecule has 2 aromatic heterocycles. The van der Waals surface area contributed by atoms with Crippen LogP contribution in [0.25, 0.3) is 22.4 Å². The van der Waals surface area contributed by atoms with Crippen molar-refractivity contribution >= 4 is 17.5 Å². The highest BCUT2D eigenvalue weighted by Gasteiger charge is 2.23. The van der Waals surface area contributed by atoms with Crippen molar-refractivity contribution in [2.45, 2.75) is 25.7 Å². The number of hydrogen-bond donors (Lipinski definition) is 2. The molecule has 2 aliphatic rings. The summed E-state index contributed by atoms with van der Waals surface area (Å²) in [6, 6.07) is 9.83. The number of nitrogens with one attached hydrogen (secondary N) is 1. The van der Waals surface area contributed by atoms with E-state index in [-0.39, 0.29) is 11.6 Å². The summed E-state index contributed by atoms with van der Waals surface area (Å²) < 4.78 is 5.38. The predicted octanol–water partition coefficient (Wildman–Crippen LogP) is 2.63. The molecule has 35 heavy (non-hydrogen) atoms. The average Bonchev–Trinajstić information content (AvgIpc) is 3.44. The third-order valence-corrected chi connectivity index (χ3v) is 6.69. The molecule has 4 heterocycles. The number of morpholine rings is 1. The van der Waals surface area contributed by atoms with Crippen molar-refractivity contribution in [2.75, 3.05) is 44.3 Å². The first kappa shape index (κ1) is 23.0. The van der Waals surface area contributed by atoms with Crippen LogP contribution in [0.15, 0.2) is 42.7 Å². The second kappa shape index (κ2) is 10.3. The van der Waals surface area contributed by atoms with E-state index in [1.807, 2.05) is 29.2 Å². The van der Waals surface area contributed by atoms with Crippen molar-refractivity contribution in [1.29, 1.82) is 0 Å². The van der Waals surface area contributed by atoms with E-state index in [0.717, 1.165) is 48.3 Å². The molecule has 0 saturated carbocycles. The van der Waals surface area contributed by atoms with Crippen molar-refractivity contribution in [3.05, 3.63) is 54.0 Å². The van der Waals surface area contributed by atoms with Gasteiger partial charge in [-0.25, -0.2) is 4.98 Å². The lowest BCUT2D eigenvalue weighted by atomic mass is 9.96. The monoisotopic (exact) mass is 474 g/mol. The summed E-state index contributed by atoms with van der Waals surface area (Å²) >= 11 is 0. The van der Waals surface area contributed by atoms with Crippen LogP contribution in [-0.2, 0) is 16.0 Å². The number of ether oxygens (including phenoxy) is 1. The average molecular weight is 475 g/mol. The van der Waals surface area contributed by atoms with Crippen LogP contribution in [0.5, 0.6) is 0 Å². The van der Waals surface area contributed by atoms with Crippen LogP contribution in [0.3, 0.4) is 0 Å². The van der Waals surface area contributed by atoms with E-state index in [9.17, 15) is 9.59 Å². The lowest BCUT2D eigenvalue weighted by Gasteiger charge is -2.31. The van der Waals surface area contributed by atoms with Crippen molar-refractivity contribution < 1.29 is 14.3 Å². The summed E-state index contributed by atoms with van der Waals surface area (Å²) in [5, 5.41) is 6.74. The zero-order valence-electron chi connectivity index (χ0n) is 19.7. The minimum atomic E-state index is -0.582. The molecule has 5 rings (SSSR count). The van der Waals surface area contributed by atoms with E-state index in [1.165, 1.54) is 6.42 Å². The molecule has 2 saturated heterocycles. The van der Waals surface area contributed by atoms with Gasteiger partial charge in [-0.3, -0.25) is 14.7 Å². The maximum absolute atomic E-state index is 12.9. The summed E-state index contributed by atoms with van der Waals surface area (Å²) in [7, 11) is 0. The number of pyridine rings is 1. The second-order valence-electron chi connectivity index (χ2n) is 9.01. The number of nitrogens with zero attached hydrogens (tertiary/aromatic N) is 4. The van der Waals surface area contributed by atoms with Crippen molar-refractivity contribution in [1.82, 2.24) is 20.1 Å². The van der Waals surface area contributed by atoms with Crippen LogP contribution < -0.4 is 10.6 Å². The van der Waals surface area contributed by atoms with E-state index in [4.69, 9.17) is 10.5 Å². The van der Waals surface area contributed by atoms with Gasteiger partial charge in [0.15, 0.2) is 0 Å². The number of rotatable bonds is 6. The summed E-state index contributed by atoms with van der Waals surface area (Å²) in [5.74, 6) is -0.476. The molecule has 9 nitrogen and oxygen atoms in total. The predicted molar refractivity (Wildman–Crippen MR) is 133 cm³/mol. The van der Waals surface area contributed by atoms with Gasteiger partial charge in [-0.05, 0) is 43.0 Å². The number of benzene rings is 1. The molecule has 2 fully saturated rings. The zero-order chi connectivity index (χ0) is 24.2. The van der Waals surface area contributed by atoms with Gasteiger partial charge in [0.2, 0.25) is 5.91 Å². The Bertz CT molecular complexity index is 1200. The highest BCUT2D eigenvalue weighted by Crippen LogP contribution is 2.36. The molecule has 0 atom stereocenters. The van der Waals surface area contributed by atoms with Gasteiger partial charge in [0.05, 0.1) is 31.5 Å². The molecule has 3 aromatic rings. The van der Waals surface area contributed by atoms with Gasteiger partial charge < -0.3 is 20.3 Å². The number of primary amides is 1. The Kier molecular flexibility index (Phi) is 6.76. The standard InChI is InChI=1S/C26H30N6O3/c27-26(34)25-21(6-7-22(30-25)19-16-28-29-17-19)20-5-4-18(14-23(20)31-8-2-1-3-9-31)15-24(33)32-10-12-35-13-11-32/h4-7,14,16-17H,1-3,8-13,15H2,(H2,27,34)(H,28,29). The number of H-pyrrole nitrogens is 1. The first-order chi connectivity index (χ1) is 17.1. The zero-order valence-corrected chi connectivity index (χ0v) is 19.7. The molecule has 0 aliphatic carbocycles. The van der Waals surface area contributed by atoms with Crippen LogP contribution in [0, 0.1) is 0 Å². The third-order valence-electron chi connectivity index (χ3n) is 6.69. The topological polar surface area (TPSA) is 117 Å². The van der Waals surface area contributed by atoms with Crippen LogP contribution in [0.2, 0.25) is 0 Å². The minimum absolute atomic E-state index is 0.106. The number of aromatic amines is 1. The van der Waals surface area contributed by atoms with E-state index < -0.39 is 5.91 Å². The largest absolute Gasteiger partial charge is 0.378 e. The number of hydrogen-bond acceptors (Lipinski definition) is 6. The number of carbonyl (C=O) groups excluding carboxylic acids is 2. The summed E-state index contributed by atoms with van der Waals surface area (Å²) in [5.41, 5.74) is 11.0. The number of anilines is 1. The third kappa shape index (κ3) is 5.05. The molecule has 0 spiro atoms. The molecule has 0 unspecified atom stereocenters. The lowest BCUT2D eigenvalue weighted by Crippen LogP contribution is -2.41. The number of amides is 2. The fraction of sp³-hybridized carbons (Fsp3) is 0.385. The summed E-state index contributed by atoms with van der Waals surface area (Å²) in [6.07, 6.45) is 7.14. The second-order valence-corrected chi connectivity index (χ2v) is 9.01. The quantitative estimate of drug-likeness (QED) is 0.567. The minimum Gasteiger partial charge on any atom is -0.378 e. The molecule has 1 aromatic carbocycles. The molecular weight excluding hydrogens is 444 g/mol. The van der Waals surface area contributed by atoms with E-state index in [2.05, 4.69) is 26.1 Å². The van der Waals surface area contributed by atoms with Crippen molar-refractivity contribution in [2.24, 2.45) is 5.73 Å². The summed E-state index contributed by atoms with van der Waals surface area (Å²) in [4.78, 5) is 34.1. The fourth-order valence-corrected chi connectivity index (χ4v) is 4.83. The Labute approximate surface area is 204 Å². The van der Waals surface area contributed by atoms with Gasteiger partial charge in [0.25, 0.3) is 5.91 Å². The maximum Gasteiger partial charge on any atom is 0.267 e. The van der Waals surface area contributed by atoms with E-state index >= 15 is 0 Å². The van der Waals surface area contributed by atoms with Crippen LogP contribution in [0.1, 0.15) is 35.3 Å². The van der Waals surface area contributed by atoms with Crippen LogP contribution in [-0.4, -0.2) is 71.3 Å². The van der Waals surface area contributed by atoms with Gasteiger partial charge in [-0.15, -0.1) is 0 Å². The Hall–Kier alpha value is -3.72. The Morgan fingerprint density at radius 1 is 1.00 bits per heavy atom. The maximum atomic E-state index is 12.9. The van der Waals surface area contributed by atoms with Gasteiger partial charge in [0.1, 0.15) is 5.69 Å². The van der Waals surface area contributed by atoms with Crippen molar-refractivity contribution in [3.8, 4) is 22.4 Å².